The third-order valence-corrected chi connectivity index (χ3v) is 4.07. The van der Waals surface area contributed by atoms with E-state index in [9.17, 15) is 18.7 Å². The standard InChI is InChI=1S/C15H15F2NO3S/c1-8-6-12(21-2)14(22-8)15(20)18-7-11(19)13-9(16)4-3-5-10(13)17/h3-6,11,19H,7H2,1-2H3,(H,18,20)/t11-/m0/s1. The maximum Gasteiger partial charge on any atom is 0.265 e. The Hall–Kier alpha value is -1.99. The normalized spacial score (nSPS) is 12.0. The highest BCUT2D eigenvalue weighted by Gasteiger charge is 2.20. The minimum absolute atomic E-state index is 0.309. The van der Waals surface area contributed by atoms with Crippen LogP contribution in [0.5, 0.6) is 5.75 Å². The largest absolute Gasteiger partial charge is 0.495 e. The Labute approximate surface area is 130 Å². The molecule has 0 bridgehead atoms. The number of aliphatic hydroxyl groups excluding tert-OH is 1. The Kier molecular flexibility index (Phi) is 5.10. The molecule has 0 fully saturated rings. The van der Waals surface area contributed by atoms with E-state index in [1.807, 2.05) is 6.92 Å². The average molecular weight is 327 g/mol. The summed E-state index contributed by atoms with van der Waals surface area (Å²) in [7, 11) is 1.45. The van der Waals surface area contributed by atoms with Gasteiger partial charge in [0, 0.05) is 11.4 Å². The fourth-order valence-electron chi connectivity index (χ4n) is 2.00. The number of aliphatic hydroxyl groups is 1. The summed E-state index contributed by atoms with van der Waals surface area (Å²) in [4.78, 5) is 13.3. The van der Waals surface area contributed by atoms with E-state index in [0.29, 0.717) is 10.6 Å². The molecule has 0 aliphatic carbocycles. The van der Waals surface area contributed by atoms with Gasteiger partial charge in [-0.3, -0.25) is 4.79 Å². The first-order valence-electron chi connectivity index (χ1n) is 6.48. The number of ether oxygens (including phenoxy) is 1. The number of hydrogen-bond donors (Lipinski definition) is 2. The monoisotopic (exact) mass is 327 g/mol. The van der Waals surface area contributed by atoms with Gasteiger partial charge in [0.05, 0.1) is 12.7 Å². The van der Waals surface area contributed by atoms with Crippen LogP contribution < -0.4 is 10.1 Å². The predicted octanol–water partition coefficient (Wildman–Crippen LogP) is 2.81. The molecule has 22 heavy (non-hydrogen) atoms. The number of hydrogen-bond acceptors (Lipinski definition) is 4. The highest BCUT2D eigenvalue weighted by atomic mass is 32.1. The summed E-state index contributed by atoms with van der Waals surface area (Å²) < 4.78 is 32.2. The van der Waals surface area contributed by atoms with Crippen molar-refractivity contribution >= 4 is 17.2 Å². The first-order chi connectivity index (χ1) is 10.4. The highest BCUT2D eigenvalue weighted by molar-refractivity contribution is 7.14. The zero-order valence-corrected chi connectivity index (χ0v) is 12.8. The Morgan fingerprint density at radius 1 is 1.41 bits per heavy atom. The van der Waals surface area contributed by atoms with Crippen LogP contribution >= 0.6 is 11.3 Å². The summed E-state index contributed by atoms with van der Waals surface area (Å²) in [6.45, 7) is 1.52. The van der Waals surface area contributed by atoms with E-state index in [1.54, 1.807) is 6.07 Å². The molecule has 0 aliphatic rings. The lowest BCUT2D eigenvalue weighted by atomic mass is 10.1. The number of carbonyl (C=O) groups excluding carboxylic acids is 1. The van der Waals surface area contributed by atoms with Crippen LogP contribution in [0.4, 0.5) is 8.78 Å². The van der Waals surface area contributed by atoms with Gasteiger partial charge in [-0.2, -0.15) is 0 Å². The van der Waals surface area contributed by atoms with Gasteiger partial charge in [0.15, 0.2) is 0 Å². The lowest BCUT2D eigenvalue weighted by Gasteiger charge is -2.13. The third kappa shape index (κ3) is 3.42. The SMILES string of the molecule is COc1cc(C)sc1C(=O)NC[C@H](O)c1c(F)cccc1F. The van der Waals surface area contributed by atoms with Crippen molar-refractivity contribution in [3.63, 3.8) is 0 Å². The van der Waals surface area contributed by atoms with Crippen LogP contribution in [0.2, 0.25) is 0 Å². The van der Waals surface area contributed by atoms with Gasteiger partial charge < -0.3 is 15.2 Å². The van der Waals surface area contributed by atoms with Gasteiger partial charge >= 0.3 is 0 Å². The number of rotatable bonds is 5. The van der Waals surface area contributed by atoms with E-state index >= 15 is 0 Å². The fourth-order valence-corrected chi connectivity index (χ4v) is 2.90. The molecule has 4 nitrogen and oxygen atoms in total. The maximum absolute atomic E-state index is 13.5. The number of amides is 1. The molecule has 1 heterocycles. The minimum Gasteiger partial charge on any atom is -0.495 e. The Morgan fingerprint density at radius 3 is 2.64 bits per heavy atom. The molecule has 0 saturated carbocycles. The van der Waals surface area contributed by atoms with Gasteiger partial charge in [-0.15, -0.1) is 11.3 Å². The average Bonchev–Trinajstić information content (AvgIpc) is 2.85. The molecule has 2 aromatic rings. The van der Waals surface area contributed by atoms with Gasteiger partial charge in [-0.05, 0) is 25.1 Å². The van der Waals surface area contributed by atoms with Gasteiger partial charge in [0.2, 0.25) is 0 Å². The van der Waals surface area contributed by atoms with Crippen LogP contribution in [-0.4, -0.2) is 24.7 Å². The molecule has 2 N–H and O–H groups in total. The Bertz CT molecular complexity index is 667. The molecule has 0 saturated heterocycles. The Morgan fingerprint density at radius 2 is 2.05 bits per heavy atom. The van der Waals surface area contributed by atoms with Crippen molar-refractivity contribution in [2.75, 3.05) is 13.7 Å². The third-order valence-electron chi connectivity index (χ3n) is 3.04. The van der Waals surface area contributed by atoms with E-state index in [4.69, 9.17) is 4.74 Å². The predicted molar refractivity (Wildman–Crippen MR) is 79.3 cm³/mol. The van der Waals surface area contributed by atoms with Crippen molar-refractivity contribution in [1.82, 2.24) is 5.32 Å². The second-order valence-corrected chi connectivity index (χ2v) is 5.87. The topological polar surface area (TPSA) is 58.6 Å². The zero-order valence-electron chi connectivity index (χ0n) is 12.0. The van der Waals surface area contributed by atoms with Crippen molar-refractivity contribution in [3.05, 3.63) is 51.2 Å². The Balaban J connectivity index is 2.07. The number of carbonyl (C=O) groups is 1. The molecule has 7 heteroatoms. The van der Waals surface area contributed by atoms with Crippen molar-refractivity contribution in [2.24, 2.45) is 0 Å². The molecule has 2 rings (SSSR count). The molecule has 1 aromatic carbocycles. The van der Waals surface area contributed by atoms with Crippen LogP contribution in [0.25, 0.3) is 0 Å². The number of nitrogens with one attached hydrogen (secondary N) is 1. The number of benzene rings is 1. The lowest BCUT2D eigenvalue weighted by Crippen LogP contribution is -2.28. The van der Waals surface area contributed by atoms with Gasteiger partial charge in [-0.1, -0.05) is 6.07 Å². The molecular formula is C15H15F2NO3S. The number of methoxy groups -OCH3 is 1. The smallest absolute Gasteiger partial charge is 0.265 e. The number of aryl methyl sites for hydroxylation is 1. The van der Waals surface area contributed by atoms with Crippen LogP contribution in [0.15, 0.2) is 24.3 Å². The second-order valence-electron chi connectivity index (χ2n) is 4.62. The van der Waals surface area contributed by atoms with Crippen LogP contribution in [0.1, 0.15) is 26.2 Å². The molecule has 118 valence electrons. The molecular weight excluding hydrogens is 312 g/mol. The molecule has 0 aliphatic heterocycles. The summed E-state index contributed by atoms with van der Waals surface area (Å²) in [6.07, 6.45) is -1.47. The summed E-state index contributed by atoms with van der Waals surface area (Å²) >= 11 is 1.23. The fraction of sp³-hybridized carbons (Fsp3) is 0.267. The molecule has 1 aromatic heterocycles. The van der Waals surface area contributed by atoms with Gasteiger partial charge in [0.25, 0.3) is 5.91 Å². The number of halogens is 2. The highest BCUT2D eigenvalue weighted by Crippen LogP contribution is 2.28. The number of thiophene rings is 1. The zero-order chi connectivity index (χ0) is 16.3. The first-order valence-corrected chi connectivity index (χ1v) is 7.30. The van der Waals surface area contributed by atoms with Crippen LogP contribution in [0, 0.1) is 18.6 Å². The molecule has 1 atom stereocenters. The van der Waals surface area contributed by atoms with E-state index < -0.39 is 29.2 Å². The quantitative estimate of drug-likeness (QED) is 0.888. The minimum atomic E-state index is -1.47. The maximum atomic E-state index is 13.5. The summed E-state index contributed by atoms with van der Waals surface area (Å²) in [6, 6.07) is 5.02. The van der Waals surface area contributed by atoms with Crippen molar-refractivity contribution in [2.45, 2.75) is 13.0 Å². The van der Waals surface area contributed by atoms with E-state index in [1.165, 1.54) is 24.5 Å². The van der Waals surface area contributed by atoms with E-state index in [2.05, 4.69) is 5.32 Å². The van der Waals surface area contributed by atoms with Crippen LogP contribution in [0.3, 0.4) is 0 Å². The van der Waals surface area contributed by atoms with E-state index in [-0.39, 0.29) is 6.54 Å². The molecule has 1 amide bonds. The van der Waals surface area contributed by atoms with E-state index in [0.717, 1.165) is 17.0 Å². The summed E-state index contributed by atoms with van der Waals surface area (Å²) in [5, 5.41) is 12.3. The van der Waals surface area contributed by atoms with Crippen LogP contribution in [-0.2, 0) is 0 Å². The molecule has 0 unspecified atom stereocenters. The van der Waals surface area contributed by atoms with Crippen molar-refractivity contribution < 1.29 is 23.4 Å². The molecule has 0 spiro atoms. The molecule has 0 radical (unpaired) electrons. The first kappa shape index (κ1) is 16.4. The van der Waals surface area contributed by atoms with Crippen molar-refractivity contribution in [3.8, 4) is 5.75 Å². The van der Waals surface area contributed by atoms with Gasteiger partial charge in [-0.25, -0.2) is 8.78 Å². The lowest BCUT2D eigenvalue weighted by molar-refractivity contribution is 0.0912. The van der Waals surface area contributed by atoms with Crippen molar-refractivity contribution in [1.29, 1.82) is 0 Å². The second kappa shape index (κ2) is 6.85. The van der Waals surface area contributed by atoms with Gasteiger partial charge in [0.1, 0.15) is 28.4 Å². The summed E-state index contributed by atoms with van der Waals surface area (Å²) in [5.74, 6) is -1.75. The summed E-state index contributed by atoms with van der Waals surface area (Å²) in [5.41, 5.74) is -0.461.